The summed E-state index contributed by atoms with van der Waals surface area (Å²) in [5.41, 5.74) is 0. The van der Waals surface area contributed by atoms with Gasteiger partial charge in [-0.15, -0.1) is 0 Å². The number of carbonyl (C=O) groups is 2. The molecule has 14 heavy (non-hydrogen) atoms. The van der Waals surface area contributed by atoms with Crippen molar-refractivity contribution in [3.8, 4) is 0 Å². The van der Waals surface area contributed by atoms with Gasteiger partial charge >= 0.3 is 24.3 Å². The Morgan fingerprint density at radius 2 is 2.21 bits per heavy atom. The molecule has 0 fully saturated rings. The molecule has 5 nitrogen and oxygen atoms in total. The topological polar surface area (TPSA) is 64.6 Å². The zero-order valence-corrected chi connectivity index (χ0v) is 6.50. The van der Waals surface area contributed by atoms with Crippen molar-refractivity contribution in [2.45, 2.75) is 12.5 Å². The van der Waals surface area contributed by atoms with Gasteiger partial charge in [-0.05, 0) is 0 Å². The number of amides is 1. The number of hydrogen-bond acceptors (Lipinski definition) is 4. The van der Waals surface area contributed by atoms with Gasteiger partial charge in [-0.25, -0.2) is 4.79 Å². The van der Waals surface area contributed by atoms with E-state index in [1.54, 1.807) is 0 Å². The number of ether oxygens (including phenoxy) is 2. The maximum absolute atomic E-state index is 11.7. The second-order valence-corrected chi connectivity index (χ2v) is 2.18. The van der Waals surface area contributed by atoms with E-state index in [-0.39, 0.29) is 0 Å². The molecule has 1 N–H and O–H groups in total. The summed E-state index contributed by atoms with van der Waals surface area (Å²) in [5, 5.41) is 2.00. The van der Waals surface area contributed by atoms with Gasteiger partial charge in [0.15, 0.2) is 0 Å². The van der Waals surface area contributed by atoms with Crippen LogP contribution in [0.1, 0.15) is 0 Å². The molecule has 1 amide bonds. The number of esters is 1. The van der Waals surface area contributed by atoms with Gasteiger partial charge in [0.1, 0.15) is 6.26 Å². The molecule has 0 aliphatic carbocycles. The molecule has 78 valence electrons. The Morgan fingerprint density at radius 1 is 1.57 bits per heavy atom. The Labute approximate surface area is 75.5 Å². The van der Waals surface area contributed by atoms with Crippen molar-refractivity contribution in [1.29, 1.82) is 0 Å². The lowest BCUT2D eigenvalue weighted by Gasteiger charge is -2.18. The standard InChI is InChI=1S/C6H4F3NO4/c7-6(8,9)5(12)14-4-3(11)10-1-2-13-4/h1-2,4H,(H,10,11). The van der Waals surface area contributed by atoms with E-state index in [9.17, 15) is 22.8 Å². The molecule has 1 aliphatic heterocycles. The summed E-state index contributed by atoms with van der Waals surface area (Å²) >= 11 is 0. The first-order valence-electron chi connectivity index (χ1n) is 3.30. The molecule has 0 radical (unpaired) electrons. The predicted octanol–water partition coefficient (Wildman–Crippen LogP) is 0.0356. The molecule has 1 atom stereocenters. The number of hydrogen-bond donors (Lipinski definition) is 1. The summed E-state index contributed by atoms with van der Waals surface area (Å²) in [5.74, 6) is -3.46. The van der Waals surface area contributed by atoms with Crippen LogP contribution in [0, 0.1) is 0 Å². The maximum Gasteiger partial charge on any atom is 0.491 e. The van der Waals surface area contributed by atoms with Gasteiger partial charge in [-0.3, -0.25) is 4.79 Å². The Morgan fingerprint density at radius 3 is 2.71 bits per heavy atom. The quantitative estimate of drug-likeness (QED) is 0.621. The molecule has 0 aromatic carbocycles. The van der Waals surface area contributed by atoms with Gasteiger partial charge in [-0.1, -0.05) is 0 Å². The highest BCUT2D eigenvalue weighted by Crippen LogP contribution is 2.18. The van der Waals surface area contributed by atoms with Crippen LogP contribution in [0.5, 0.6) is 0 Å². The summed E-state index contributed by atoms with van der Waals surface area (Å²) in [6, 6.07) is 0. The average molecular weight is 211 g/mol. The Balaban J connectivity index is 2.56. The lowest BCUT2D eigenvalue weighted by molar-refractivity contribution is -0.220. The lowest BCUT2D eigenvalue weighted by Crippen LogP contribution is -2.41. The second-order valence-electron chi connectivity index (χ2n) is 2.18. The minimum Gasteiger partial charge on any atom is -0.453 e. The van der Waals surface area contributed by atoms with Gasteiger partial charge in [0, 0.05) is 6.20 Å². The van der Waals surface area contributed by atoms with Crippen LogP contribution in [0.4, 0.5) is 13.2 Å². The third-order valence-corrected chi connectivity index (χ3v) is 1.16. The van der Waals surface area contributed by atoms with Crippen LogP contribution in [-0.2, 0) is 19.1 Å². The van der Waals surface area contributed by atoms with E-state index in [1.807, 2.05) is 5.32 Å². The molecule has 0 saturated carbocycles. The molecular weight excluding hydrogens is 207 g/mol. The maximum atomic E-state index is 11.7. The van der Waals surface area contributed by atoms with Crippen LogP contribution in [0.2, 0.25) is 0 Å². The molecule has 0 spiro atoms. The van der Waals surface area contributed by atoms with Crippen molar-refractivity contribution < 1.29 is 32.2 Å². The molecular formula is C6H4F3NO4. The van der Waals surface area contributed by atoms with Crippen molar-refractivity contribution >= 4 is 11.9 Å². The number of nitrogens with one attached hydrogen (secondary N) is 1. The highest BCUT2D eigenvalue weighted by molar-refractivity contribution is 5.85. The van der Waals surface area contributed by atoms with Crippen LogP contribution in [0.15, 0.2) is 12.5 Å². The van der Waals surface area contributed by atoms with Gasteiger partial charge in [0.25, 0.3) is 0 Å². The van der Waals surface area contributed by atoms with Crippen LogP contribution in [-0.4, -0.2) is 24.3 Å². The third-order valence-electron chi connectivity index (χ3n) is 1.16. The first kappa shape index (κ1) is 10.4. The highest BCUT2D eigenvalue weighted by atomic mass is 19.4. The Hall–Kier alpha value is -1.73. The molecule has 0 aromatic rings. The summed E-state index contributed by atoms with van der Waals surface area (Å²) in [6.45, 7) is 0. The normalized spacial score (nSPS) is 21.1. The van der Waals surface area contributed by atoms with Crippen LogP contribution >= 0.6 is 0 Å². The van der Waals surface area contributed by atoms with Crippen molar-refractivity contribution in [2.24, 2.45) is 0 Å². The Kier molecular flexibility index (Phi) is 2.63. The van der Waals surface area contributed by atoms with E-state index in [1.165, 1.54) is 0 Å². The fraction of sp³-hybridized carbons (Fsp3) is 0.333. The molecule has 1 aliphatic rings. The van der Waals surface area contributed by atoms with Crippen molar-refractivity contribution in [3.63, 3.8) is 0 Å². The lowest BCUT2D eigenvalue weighted by atomic mass is 10.5. The van der Waals surface area contributed by atoms with Crippen molar-refractivity contribution in [3.05, 3.63) is 12.5 Å². The summed E-state index contributed by atoms with van der Waals surface area (Å²) in [7, 11) is 0. The third kappa shape index (κ3) is 2.38. The van der Waals surface area contributed by atoms with E-state index < -0.39 is 24.3 Å². The minimum absolute atomic E-state index is 0.899. The van der Waals surface area contributed by atoms with E-state index in [0.29, 0.717) is 0 Å². The van der Waals surface area contributed by atoms with Crippen molar-refractivity contribution in [1.82, 2.24) is 5.32 Å². The second kappa shape index (κ2) is 3.56. The van der Waals surface area contributed by atoms with Gasteiger partial charge < -0.3 is 14.8 Å². The van der Waals surface area contributed by atoms with Gasteiger partial charge in [0.2, 0.25) is 0 Å². The fourth-order valence-electron chi connectivity index (χ4n) is 0.602. The van der Waals surface area contributed by atoms with E-state index in [4.69, 9.17) is 0 Å². The van der Waals surface area contributed by atoms with Crippen LogP contribution in [0.3, 0.4) is 0 Å². The number of carbonyl (C=O) groups excluding carboxylic acids is 2. The zero-order chi connectivity index (χ0) is 10.8. The summed E-state index contributed by atoms with van der Waals surface area (Å²) in [4.78, 5) is 21.0. The minimum atomic E-state index is -5.15. The molecule has 8 heteroatoms. The SMILES string of the molecule is O=C1NC=COC1OC(=O)C(F)(F)F. The average Bonchev–Trinajstić information content (AvgIpc) is 2.07. The van der Waals surface area contributed by atoms with Crippen molar-refractivity contribution in [2.75, 3.05) is 0 Å². The molecule has 0 saturated heterocycles. The van der Waals surface area contributed by atoms with E-state index >= 15 is 0 Å². The number of halogens is 3. The molecule has 1 rings (SSSR count). The summed E-state index contributed by atoms with van der Waals surface area (Å²) in [6.07, 6.45) is -5.09. The zero-order valence-electron chi connectivity index (χ0n) is 6.50. The largest absolute Gasteiger partial charge is 0.491 e. The number of alkyl halides is 3. The monoisotopic (exact) mass is 211 g/mol. The first-order chi connectivity index (χ1) is 6.41. The first-order valence-corrected chi connectivity index (χ1v) is 3.30. The van der Waals surface area contributed by atoms with Gasteiger partial charge in [-0.2, -0.15) is 13.2 Å². The smallest absolute Gasteiger partial charge is 0.453 e. The van der Waals surface area contributed by atoms with Gasteiger partial charge in [0.05, 0.1) is 0 Å². The Bertz CT molecular complexity index is 285. The van der Waals surface area contributed by atoms with E-state index in [2.05, 4.69) is 9.47 Å². The van der Waals surface area contributed by atoms with Crippen LogP contribution < -0.4 is 5.32 Å². The van der Waals surface area contributed by atoms with E-state index in [0.717, 1.165) is 12.5 Å². The molecule has 1 unspecified atom stereocenters. The highest BCUT2D eigenvalue weighted by Gasteiger charge is 2.44. The van der Waals surface area contributed by atoms with Crippen LogP contribution in [0.25, 0.3) is 0 Å². The molecule has 1 heterocycles. The molecule has 0 aromatic heterocycles. The number of rotatable bonds is 1. The fourth-order valence-corrected chi connectivity index (χ4v) is 0.602. The predicted molar refractivity (Wildman–Crippen MR) is 34.3 cm³/mol. The molecule has 0 bridgehead atoms. The summed E-state index contributed by atoms with van der Waals surface area (Å²) < 4.78 is 43.0.